The number of hydrogen-bond acceptors (Lipinski definition) is 7. The van der Waals surface area contributed by atoms with Gasteiger partial charge in [-0.15, -0.1) is 0 Å². The molecule has 0 saturated heterocycles. The average molecular weight is 420 g/mol. The maximum absolute atomic E-state index is 13.0. The van der Waals surface area contributed by atoms with Crippen molar-refractivity contribution in [3.8, 4) is 11.3 Å². The van der Waals surface area contributed by atoms with Gasteiger partial charge in [-0.2, -0.15) is 0 Å². The Morgan fingerprint density at radius 2 is 2.06 bits per heavy atom. The number of anilines is 1. The van der Waals surface area contributed by atoms with Crippen molar-refractivity contribution in [1.82, 2.24) is 24.8 Å². The van der Waals surface area contributed by atoms with Crippen LogP contribution in [0.4, 0.5) is 5.82 Å². The molecule has 0 aromatic carbocycles. The van der Waals surface area contributed by atoms with Crippen molar-refractivity contribution in [3.05, 3.63) is 48.2 Å². The van der Waals surface area contributed by atoms with Crippen LogP contribution in [0.2, 0.25) is 0 Å². The molecule has 1 aliphatic carbocycles. The molecule has 160 valence electrons. The molecule has 2 aromatic heterocycles. The maximum atomic E-state index is 13.0. The molecule has 1 N–H and O–H groups in total. The Morgan fingerprint density at radius 1 is 1.23 bits per heavy atom. The van der Waals surface area contributed by atoms with Gasteiger partial charge in [0.1, 0.15) is 17.8 Å². The number of rotatable bonds is 7. The Bertz CT molecular complexity index is 1000. The topological polar surface area (TPSA) is 108 Å². The van der Waals surface area contributed by atoms with Gasteiger partial charge in [0.05, 0.1) is 18.4 Å². The standard InChI is InChI=1S/C22H24N6O3/c1-27(17-5-6-17)22(31)21-16(14-29)3-2-10-28(21)13-20(30)26-19-7-4-15(11-25-19)18-12-23-8-9-24-18/h4,7-9,11-12,14,17H,2-3,5-6,10,13H2,1H3,(H,25,26,30). The summed E-state index contributed by atoms with van der Waals surface area (Å²) in [6.07, 6.45) is 10.4. The molecule has 4 rings (SSSR count). The van der Waals surface area contributed by atoms with Crippen LogP contribution >= 0.6 is 0 Å². The van der Waals surface area contributed by atoms with E-state index in [0.717, 1.165) is 31.1 Å². The number of nitrogens with zero attached hydrogens (tertiary/aromatic N) is 5. The fourth-order valence-electron chi connectivity index (χ4n) is 3.66. The lowest BCUT2D eigenvalue weighted by Crippen LogP contribution is -2.43. The number of aldehydes is 1. The third kappa shape index (κ3) is 4.76. The summed E-state index contributed by atoms with van der Waals surface area (Å²) in [4.78, 5) is 53.1. The van der Waals surface area contributed by atoms with Crippen molar-refractivity contribution in [2.75, 3.05) is 25.5 Å². The van der Waals surface area contributed by atoms with Crippen molar-refractivity contribution in [1.29, 1.82) is 0 Å². The molecule has 1 aliphatic heterocycles. The van der Waals surface area contributed by atoms with Crippen LogP contribution in [0.3, 0.4) is 0 Å². The van der Waals surface area contributed by atoms with E-state index in [4.69, 9.17) is 0 Å². The highest BCUT2D eigenvalue weighted by atomic mass is 16.2. The quantitative estimate of drug-likeness (QED) is 0.679. The summed E-state index contributed by atoms with van der Waals surface area (Å²) in [6, 6.07) is 3.72. The van der Waals surface area contributed by atoms with Crippen LogP contribution in [0.1, 0.15) is 25.7 Å². The maximum Gasteiger partial charge on any atom is 0.270 e. The molecule has 2 aromatic rings. The number of pyridine rings is 1. The highest BCUT2D eigenvalue weighted by Crippen LogP contribution is 2.29. The number of aromatic nitrogens is 3. The van der Waals surface area contributed by atoms with Gasteiger partial charge in [0.2, 0.25) is 5.91 Å². The molecular weight excluding hydrogens is 396 g/mol. The van der Waals surface area contributed by atoms with E-state index < -0.39 is 0 Å². The predicted octanol–water partition coefficient (Wildman–Crippen LogP) is 1.65. The molecule has 3 heterocycles. The van der Waals surface area contributed by atoms with E-state index in [1.807, 2.05) is 0 Å². The van der Waals surface area contributed by atoms with Gasteiger partial charge in [-0.05, 0) is 37.8 Å². The normalized spacial score (nSPS) is 16.1. The Morgan fingerprint density at radius 3 is 2.71 bits per heavy atom. The number of carbonyl (C=O) groups excluding carboxylic acids is 3. The van der Waals surface area contributed by atoms with Gasteiger partial charge >= 0.3 is 0 Å². The Labute approximate surface area is 180 Å². The van der Waals surface area contributed by atoms with Gasteiger partial charge in [0.15, 0.2) is 0 Å². The van der Waals surface area contributed by atoms with E-state index in [1.165, 1.54) is 0 Å². The molecule has 9 nitrogen and oxygen atoms in total. The molecule has 31 heavy (non-hydrogen) atoms. The minimum atomic E-state index is -0.300. The summed E-state index contributed by atoms with van der Waals surface area (Å²) in [7, 11) is 1.75. The third-order valence-electron chi connectivity index (χ3n) is 5.48. The van der Waals surface area contributed by atoms with E-state index in [9.17, 15) is 14.4 Å². The first-order valence-corrected chi connectivity index (χ1v) is 10.3. The molecule has 0 unspecified atom stereocenters. The van der Waals surface area contributed by atoms with Crippen LogP contribution in [-0.2, 0) is 14.4 Å². The lowest BCUT2D eigenvalue weighted by molar-refractivity contribution is -0.129. The van der Waals surface area contributed by atoms with E-state index in [0.29, 0.717) is 35.7 Å². The second-order valence-corrected chi connectivity index (χ2v) is 7.73. The summed E-state index contributed by atoms with van der Waals surface area (Å²) in [5.41, 5.74) is 2.28. The monoisotopic (exact) mass is 420 g/mol. The van der Waals surface area contributed by atoms with Crippen molar-refractivity contribution in [2.45, 2.75) is 31.7 Å². The lowest BCUT2D eigenvalue weighted by atomic mass is 10.0. The Kier molecular flexibility index (Phi) is 6.01. The van der Waals surface area contributed by atoms with Crippen molar-refractivity contribution in [3.63, 3.8) is 0 Å². The molecule has 0 spiro atoms. The summed E-state index contributed by atoms with van der Waals surface area (Å²) in [5.74, 6) is -0.0907. The predicted molar refractivity (Wildman–Crippen MR) is 114 cm³/mol. The molecular formula is C22H24N6O3. The molecule has 0 radical (unpaired) electrons. The summed E-state index contributed by atoms with van der Waals surface area (Å²) in [6.45, 7) is 0.522. The highest BCUT2D eigenvalue weighted by Gasteiger charge is 2.35. The molecule has 0 atom stereocenters. The van der Waals surface area contributed by atoms with E-state index in [2.05, 4.69) is 20.3 Å². The molecule has 0 bridgehead atoms. The zero-order valence-corrected chi connectivity index (χ0v) is 17.3. The average Bonchev–Trinajstić information content (AvgIpc) is 3.64. The van der Waals surface area contributed by atoms with Crippen LogP contribution in [0.15, 0.2) is 48.2 Å². The van der Waals surface area contributed by atoms with Crippen molar-refractivity contribution >= 4 is 23.9 Å². The van der Waals surface area contributed by atoms with Gasteiger partial charge in [-0.3, -0.25) is 24.4 Å². The molecule has 2 aliphatic rings. The molecule has 1 fully saturated rings. The number of likely N-dealkylation sites (N-methyl/N-ethyl adjacent to an activating group) is 1. The minimum absolute atomic E-state index is 0.0233. The van der Waals surface area contributed by atoms with Gasteiger partial charge < -0.3 is 15.1 Å². The summed E-state index contributed by atoms with van der Waals surface area (Å²) < 4.78 is 0. The van der Waals surface area contributed by atoms with Crippen LogP contribution in [0, 0.1) is 0 Å². The van der Waals surface area contributed by atoms with Crippen LogP contribution in [0.5, 0.6) is 0 Å². The first kappa shape index (κ1) is 20.6. The third-order valence-corrected chi connectivity index (χ3v) is 5.48. The highest BCUT2D eigenvalue weighted by molar-refractivity contribution is 6.00. The number of amides is 2. The fraction of sp³-hybridized carbons (Fsp3) is 0.364. The van der Waals surface area contributed by atoms with E-state index >= 15 is 0 Å². The van der Waals surface area contributed by atoms with Gasteiger partial charge in [0.25, 0.3) is 5.91 Å². The van der Waals surface area contributed by atoms with Crippen LogP contribution in [0.25, 0.3) is 11.3 Å². The smallest absolute Gasteiger partial charge is 0.270 e. The van der Waals surface area contributed by atoms with Crippen molar-refractivity contribution in [2.24, 2.45) is 0 Å². The number of nitrogens with one attached hydrogen (secondary N) is 1. The first-order valence-electron chi connectivity index (χ1n) is 10.3. The zero-order valence-electron chi connectivity index (χ0n) is 17.3. The Hall–Kier alpha value is -3.62. The second-order valence-electron chi connectivity index (χ2n) is 7.73. The van der Waals surface area contributed by atoms with Crippen LogP contribution < -0.4 is 5.32 Å². The summed E-state index contributed by atoms with van der Waals surface area (Å²) in [5, 5.41) is 2.76. The minimum Gasteiger partial charge on any atom is -0.357 e. The summed E-state index contributed by atoms with van der Waals surface area (Å²) >= 11 is 0. The number of allylic oxidation sites excluding steroid dienone is 1. The SMILES string of the molecule is CN(C(=O)C1=C(C=O)CCCN1CC(=O)Nc1ccc(-c2cnccn2)cn1)C1CC1. The number of carbonyl (C=O) groups is 3. The van der Waals surface area contributed by atoms with E-state index in [1.54, 1.807) is 53.8 Å². The zero-order chi connectivity index (χ0) is 21.8. The van der Waals surface area contributed by atoms with Crippen LogP contribution in [-0.4, -0.2) is 69.0 Å². The fourth-order valence-corrected chi connectivity index (χ4v) is 3.66. The second kappa shape index (κ2) is 9.03. The van der Waals surface area contributed by atoms with Crippen molar-refractivity contribution < 1.29 is 14.4 Å². The number of hydrogen-bond donors (Lipinski definition) is 1. The largest absolute Gasteiger partial charge is 0.357 e. The molecule has 9 heteroatoms. The van der Waals surface area contributed by atoms with Gasteiger partial charge in [-0.1, -0.05) is 0 Å². The first-order chi connectivity index (χ1) is 15.1. The lowest BCUT2D eigenvalue weighted by Gasteiger charge is -2.33. The molecule has 1 saturated carbocycles. The van der Waals surface area contributed by atoms with Gasteiger partial charge in [0, 0.05) is 49.4 Å². The van der Waals surface area contributed by atoms with E-state index in [-0.39, 0.29) is 24.4 Å². The Balaban J connectivity index is 1.44. The molecule has 2 amide bonds. The van der Waals surface area contributed by atoms with Gasteiger partial charge in [-0.25, -0.2) is 4.98 Å².